The molecule has 1 aromatic rings. The normalized spacial score (nSPS) is 22.3. The SMILES string of the molecule is CC(Nc1ccc2c(c1)OC(F)(F)O2)C1CC1. The Hall–Kier alpha value is -1.52. The molecule has 0 aromatic heterocycles. The lowest BCUT2D eigenvalue weighted by atomic mass is 10.2. The van der Waals surface area contributed by atoms with Crippen molar-refractivity contribution in [3.8, 4) is 11.5 Å². The lowest BCUT2D eigenvalue weighted by Crippen LogP contribution is -2.25. The van der Waals surface area contributed by atoms with E-state index in [-0.39, 0.29) is 11.5 Å². The van der Waals surface area contributed by atoms with Crippen LogP contribution in [0.5, 0.6) is 11.5 Å². The molecule has 1 N–H and O–H groups in total. The minimum atomic E-state index is -3.54. The molecule has 1 saturated carbocycles. The number of fused-ring (bicyclic) bond motifs is 1. The largest absolute Gasteiger partial charge is 0.586 e. The molecule has 1 aromatic carbocycles. The van der Waals surface area contributed by atoms with E-state index in [0.29, 0.717) is 12.0 Å². The van der Waals surface area contributed by atoms with Crippen LogP contribution in [0.2, 0.25) is 0 Å². The van der Waals surface area contributed by atoms with Crippen LogP contribution in [0, 0.1) is 5.92 Å². The number of benzene rings is 1. The van der Waals surface area contributed by atoms with E-state index < -0.39 is 6.29 Å². The molecule has 1 aliphatic carbocycles. The van der Waals surface area contributed by atoms with Crippen LogP contribution < -0.4 is 14.8 Å². The molecule has 1 heterocycles. The molecule has 17 heavy (non-hydrogen) atoms. The summed E-state index contributed by atoms with van der Waals surface area (Å²) in [7, 11) is 0. The first-order valence-corrected chi connectivity index (χ1v) is 5.70. The molecular formula is C12H13F2NO2. The summed E-state index contributed by atoms with van der Waals surface area (Å²) in [6.07, 6.45) is -1.07. The van der Waals surface area contributed by atoms with E-state index in [2.05, 4.69) is 21.7 Å². The molecule has 1 fully saturated rings. The number of hydrogen-bond acceptors (Lipinski definition) is 3. The summed E-state index contributed by atoms with van der Waals surface area (Å²) in [4.78, 5) is 0. The van der Waals surface area contributed by atoms with Crippen molar-refractivity contribution in [1.82, 2.24) is 0 Å². The first kappa shape index (κ1) is 10.6. The summed E-state index contributed by atoms with van der Waals surface area (Å²) < 4.78 is 34.3. The number of anilines is 1. The highest BCUT2D eigenvalue weighted by molar-refractivity contribution is 5.56. The van der Waals surface area contributed by atoms with Crippen molar-refractivity contribution in [2.24, 2.45) is 5.92 Å². The quantitative estimate of drug-likeness (QED) is 0.881. The minimum Gasteiger partial charge on any atom is -0.395 e. The third-order valence-corrected chi connectivity index (χ3v) is 3.12. The molecule has 0 spiro atoms. The van der Waals surface area contributed by atoms with Crippen molar-refractivity contribution in [3.63, 3.8) is 0 Å². The summed E-state index contributed by atoms with van der Waals surface area (Å²) in [5.74, 6) is 0.865. The predicted molar refractivity (Wildman–Crippen MR) is 58.5 cm³/mol. The van der Waals surface area contributed by atoms with E-state index >= 15 is 0 Å². The highest BCUT2D eigenvalue weighted by atomic mass is 19.3. The summed E-state index contributed by atoms with van der Waals surface area (Å²) in [6.45, 7) is 2.09. The van der Waals surface area contributed by atoms with Crippen LogP contribution in [0.1, 0.15) is 19.8 Å². The van der Waals surface area contributed by atoms with Crippen molar-refractivity contribution >= 4 is 5.69 Å². The molecule has 0 amide bonds. The minimum absolute atomic E-state index is 0.0830. The van der Waals surface area contributed by atoms with Gasteiger partial charge < -0.3 is 14.8 Å². The van der Waals surface area contributed by atoms with Crippen molar-refractivity contribution in [1.29, 1.82) is 0 Å². The maximum absolute atomic E-state index is 12.8. The van der Waals surface area contributed by atoms with Gasteiger partial charge in [0.15, 0.2) is 11.5 Å². The molecule has 0 radical (unpaired) electrons. The predicted octanol–water partition coefficient (Wildman–Crippen LogP) is 3.22. The molecule has 1 unspecified atom stereocenters. The van der Waals surface area contributed by atoms with Crippen LogP contribution in [-0.4, -0.2) is 12.3 Å². The van der Waals surface area contributed by atoms with Gasteiger partial charge in [-0.05, 0) is 37.8 Å². The molecule has 1 atom stereocenters. The van der Waals surface area contributed by atoms with E-state index in [9.17, 15) is 8.78 Å². The molecule has 3 nitrogen and oxygen atoms in total. The van der Waals surface area contributed by atoms with Gasteiger partial charge >= 0.3 is 6.29 Å². The van der Waals surface area contributed by atoms with Crippen molar-refractivity contribution in [2.45, 2.75) is 32.1 Å². The van der Waals surface area contributed by atoms with E-state index in [1.807, 2.05) is 0 Å². The fourth-order valence-corrected chi connectivity index (χ4v) is 2.02. The molecule has 92 valence electrons. The molecule has 0 saturated heterocycles. The van der Waals surface area contributed by atoms with Crippen LogP contribution >= 0.6 is 0 Å². The summed E-state index contributed by atoms with van der Waals surface area (Å²) >= 11 is 0. The second-order valence-electron chi connectivity index (χ2n) is 4.60. The van der Waals surface area contributed by atoms with Gasteiger partial charge in [0.2, 0.25) is 0 Å². The molecule has 3 rings (SSSR count). The third kappa shape index (κ3) is 2.14. The second kappa shape index (κ2) is 3.48. The Morgan fingerprint density at radius 3 is 2.71 bits per heavy atom. The zero-order valence-electron chi connectivity index (χ0n) is 9.37. The van der Waals surface area contributed by atoms with Crippen LogP contribution in [0.15, 0.2) is 18.2 Å². The summed E-state index contributed by atoms with van der Waals surface area (Å²) in [5, 5.41) is 3.28. The number of nitrogens with one attached hydrogen (secondary N) is 1. The maximum Gasteiger partial charge on any atom is 0.586 e. The zero-order valence-corrected chi connectivity index (χ0v) is 9.37. The van der Waals surface area contributed by atoms with E-state index in [0.717, 1.165) is 5.69 Å². The van der Waals surface area contributed by atoms with Gasteiger partial charge in [0.05, 0.1) is 0 Å². The standard InChI is InChI=1S/C12H13F2NO2/c1-7(8-2-3-8)15-9-4-5-10-11(6-9)17-12(13,14)16-10/h4-8,15H,2-3H2,1H3. The van der Waals surface area contributed by atoms with Crippen molar-refractivity contribution in [3.05, 3.63) is 18.2 Å². The molecule has 2 aliphatic rings. The Kier molecular flexibility index (Phi) is 2.18. The van der Waals surface area contributed by atoms with Gasteiger partial charge in [-0.1, -0.05) is 0 Å². The van der Waals surface area contributed by atoms with Gasteiger partial charge in [-0.3, -0.25) is 0 Å². The summed E-state index contributed by atoms with van der Waals surface area (Å²) in [5.41, 5.74) is 0.782. The number of alkyl halides is 2. The maximum atomic E-state index is 12.8. The fourth-order valence-electron chi connectivity index (χ4n) is 2.02. The topological polar surface area (TPSA) is 30.5 Å². The lowest BCUT2D eigenvalue weighted by Gasteiger charge is -2.14. The Morgan fingerprint density at radius 2 is 2.00 bits per heavy atom. The Morgan fingerprint density at radius 1 is 1.29 bits per heavy atom. The molecular weight excluding hydrogens is 228 g/mol. The first-order chi connectivity index (χ1) is 8.03. The van der Waals surface area contributed by atoms with Crippen LogP contribution in [0.4, 0.5) is 14.5 Å². The number of halogens is 2. The Bertz CT molecular complexity index is 446. The van der Waals surface area contributed by atoms with Gasteiger partial charge in [-0.15, -0.1) is 8.78 Å². The monoisotopic (exact) mass is 241 g/mol. The third-order valence-electron chi connectivity index (χ3n) is 3.12. The van der Waals surface area contributed by atoms with Gasteiger partial charge in [0.25, 0.3) is 0 Å². The van der Waals surface area contributed by atoms with Crippen molar-refractivity contribution < 1.29 is 18.3 Å². The summed E-state index contributed by atoms with van der Waals surface area (Å²) in [6, 6.07) is 5.13. The number of rotatable bonds is 3. The molecule has 5 heteroatoms. The molecule has 1 aliphatic heterocycles. The van der Waals surface area contributed by atoms with Gasteiger partial charge in [-0.25, -0.2) is 0 Å². The van der Waals surface area contributed by atoms with E-state index in [1.54, 1.807) is 12.1 Å². The van der Waals surface area contributed by atoms with Crippen LogP contribution in [0.3, 0.4) is 0 Å². The second-order valence-corrected chi connectivity index (χ2v) is 4.60. The average Bonchev–Trinajstić information content (AvgIpc) is 3.01. The average molecular weight is 241 g/mol. The zero-order chi connectivity index (χ0) is 12.0. The van der Waals surface area contributed by atoms with Crippen LogP contribution in [0.25, 0.3) is 0 Å². The van der Waals surface area contributed by atoms with Crippen molar-refractivity contribution in [2.75, 3.05) is 5.32 Å². The Labute approximate surface area is 97.7 Å². The smallest absolute Gasteiger partial charge is 0.395 e. The van der Waals surface area contributed by atoms with Gasteiger partial charge in [0, 0.05) is 17.8 Å². The highest BCUT2D eigenvalue weighted by Crippen LogP contribution is 2.42. The first-order valence-electron chi connectivity index (χ1n) is 5.70. The highest BCUT2D eigenvalue weighted by Gasteiger charge is 2.43. The Balaban J connectivity index is 1.75. The fraction of sp³-hybridized carbons (Fsp3) is 0.500. The van der Waals surface area contributed by atoms with Gasteiger partial charge in [-0.2, -0.15) is 0 Å². The van der Waals surface area contributed by atoms with Gasteiger partial charge in [0.1, 0.15) is 0 Å². The van der Waals surface area contributed by atoms with E-state index in [4.69, 9.17) is 0 Å². The number of hydrogen-bond donors (Lipinski definition) is 1. The lowest BCUT2D eigenvalue weighted by molar-refractivity contribution is -0.286. The van der Waals surface area contributed by atoms with Crippen LogP contribution in [-0.2, 0) is 0 Å². The number of ether oxygens (including phenoxy) is 2. The van der Waals surface area contributed by atoms with E-state index in [1.165, 1.54) is 18.9 Å². The molecule has 0 bridgehead atoms.